The molecule has 238 valence electrons. The normalized spacial score (nSPS) is 12.7. The first-order valence-electron chi connectivity index (χ1n) is 15.9. The summed E-state index contributed by atoms with van der Waals surface area (Å²) < 4.78 is 5.52. The molecule has 0 fully saturated rings. The Morgan fingerprint density at radius 3 is 2.19 bits per heavy atom. The fourth-order valence-electron chi connectivity index (χ4n) is 4.97. The molecule has 0 aromatic heterocycles. The number of amides is 3. The van der Waals surface area contributed by atoms with E-state index in [0.717, 1.165) is 68.1 Å². The van der Waals surface area contributed by atoms with Gasteiger partial charge in [0.05, 0.1) is 0 Å². The number of ether oxygens (including phenoxy) is 1. The maximum absolute atomic E-state index is 14.5. The molecule has 2 unspecified atom stereocenters. The van der Waals surface area contributed by atoms with Gasteiger partial charge in [0.2, 0.25) is 11.8 Å². The number of phenolic OH excluding ortho intramolecular Hbond substituents is 1. The summed E-state index contributed by atoms with van der Waals surface area (Å²) in [5, 5.41) is 15.7. The van der Waals surface area contributed by atoms with Crippen molar-refractivity contribution in [1.82, 2.24) is 15.5 Å². The molecule has 0 bridgehead atoms. The third kappa shape index (κ3) is 13.1. The van der Waals surface area contributed by atoms with Gasteiger partial charge in [-0.2, -0.15) is 0 Å². The number of hydrogen-bond donors (Lipinski definition) is 3. The lowest BCUT2D eigenvalue weighted by molar-refractivity contribution is -0.142. The Bertz CT molecular complexity index is 1140. The van der Waals surface area contributed by atoms with E-state index in [-0.39, 0.29) is 24.0 Å². The summed E-state index contributed by atoms with van der Waals surface area (Å²) in [4.78, 5) is 43.0. The largest absolute Gasteiger partial charge is 0.508 e. The molecule has 0 aliphatic carbocycles. The zero-order valence-electron chi connectivity index (χ0n) is 27.1. The molecule has 2 rings (SSSR count). The van der Waals surface area contributed by atoms with Gasteiger partial charge in [0, 0.05) is 19.5 Å². The highest BCUT2D eigenvalue weighted by Gasteiger charge is 2.36. The predicted molar refractivity (Wildman–Crippen MR) is 172 cm³/mol. The van der Waals surface area contributed by atoms with Crippen LogP contribution in [0.25, 0.3) is 0 Å². The second-order valence-electron chi connectivity index (χ2n) is 12.3. The van der Waals surface area contributed by atoms with Crippen molar-refractivity contribution in [3.05, 3.63) is 65.2 Å². The molecule has 2 atom stereocenters. The van der Waals surface area contributed by atoms with Gasteiger partial charge >= 0.3 is 6.09 Å². The van der Waals surface area contributed by atoms with Gasteiger partial charge in [0.25, 0.3) is 0 Å². The van der Waals surface area contributed by atoms with E-state index >= 15 is 0 Å². The molecule has 0 aliphatic rings. The molecule has 0 saturated carbocycles. The van der Waals surface area contributed by atoms with Crippen LogP contribution in [0.4, 0.5) is 4.79 Å². The Morgan fingerprint density at radius 1 is 0.907 bits per heavy atom. The van der Waals surface area contributed by atoms with Crippen molar-refractivity contribution in [2.75, 3.05) is 13.1 Å². The Morgan fingerprint density at radius 2 is 1.56 bits per heavy atom. The van der Waals surface area contributed by atoms with E-state index in [1.54, 1.807) is 49.9 Å². The van der Waals surface area contributed by atoms with Crippen LogP contribution >= 0.6 is 0 Å². The first-order valence-corrected chi connectivity index (χ1v) is 15.9. The number of hydrogen-bond acceptors (Lipinski definition) is 5. The van der Waals surface area contributed by atoms with Gasteiger partial charge in [-0.25, -0.2) is 4.79 Å². The minimum Gasteiger partial charge on any atom is -0.508 e. The summed E-state index contributed by atoms with van der Waals surface area (Å²) in [6.45, 7) is 12.4. The summed E-state index contributed by atoms with van der Waals surface area (Å²) in [5.74, 6) is -0.478. The molecule has 3 amide bonds. The number of nitrogens with one attached hydrogen (secondary N) is 2. The van der Waals surface area contributed by atoms with Gasteiger partial charge in [-0.05, 0) is 63.8 Å². The quantitative estimate of drug-likeness (QED) is 0.171. The maximum Gasteiger partial charge on any atom is 0.408 e. The first-order chi connectivity index (χ1) is 20.4. The summed E-state index contributed by atoms with van der Waals surface area (Å²) >= 11 is 0. The van der Waals surface area contributed by atoms with Gasteiger partial charge in [-0.1, -0.05) is 94.3 Å². The highest BCUT2D eigenvalue weighted by atomic mass is 16.6. The van der Waals surface area contributed by atoms with Gasteiger partial charge in [0.1, 0.15) is 23.4 Å². The molecule has 2 aromatic carbocycles. The molecule has 8 heteroatoms. The molecule has 0 heterocycles. The van der Waals surface area contributed by atoms with Crippen molar-refractivity contribution in [1.29, 1.82) is 0 Å². The standard InChI is InChI=1S/C35H53N3O5/c1-7-9-11-12-14-23-38(31(28-17-15-16-26(3)24-28)32(40)36-22-13-10-8-2)33(41)30(37-34(42)43-35(4,5)6)25-27-18-20-29(39)21-19-27/h15-21,24,30-31,39H,7-14,22-23,25H2,1-6H3,(H,36,40)(H,37,42). The lowest BCUT2D eigenvalue weighted by Crippen LogP contribution is -2.54. The minimum absolute atomic E-state index is 0.111. The van der Waals surface area contributed by atoms with Crippen molar-refractivity contribution in [3.8, 4) is 5.75 Å². The number of carbonyl (C=O) groups excluding carboxylic acids is 3. The predicted octanol–water partition coefficient (Wildman–Crippen LogP) is 6.98. The van der Waals surface area contributed by atoms with Crippen LogP contribution in [0.1, 0.15) is 109 Å². The highest BCUT2D eigenvalue weighted by Crippen LogP contribution is 2.25. The number of benzene rings is 2. The summed E-state index contributed by atoms with van der Waals surface area (Å²) in [6, 6.07) is 12.4. The summed E-state index contributed by atoms with van der Waals surface area (Å²) in [7, 11) is 0. The zero-order chi connectivity index (χ0) is 31.8. The minimum atomic E-state index is -0.991. The number of phenols is 1. The Kier molecular flexibility index (Phi) is 15.1. The SMILES string of the molecule is CCCCCCCN(C(=O)C(Cc1ccc(O)cc1)NC(=O)OC(C)(C)C)C(C(=O)NCCCCC)c1cccc(C)c1. The van der Waals surface area contributed by atoms with Crippen LogP contribution in [0.2, 0.25) is 0 Å². The molecule has 3 N–H and O–H groups in total. The molecule has 0 saturated heterocycles. The zero-order valence-corrected chi connectivity index (χ0v) is 27.1. The fraction of sp³-hybridized carbons (Fsp3) is 0.571. The molecule has 0 aliphatic heterocycles. The molecule has 8 nitrogen and oxygen atoms in total. The van der Waals surface area contributed by atoms with Crippen molar-refractivity contribution in [2.24, 2.45) is 0 Å². The van der Waals surface area contributed by atoms with E-state index in [1.807, 2.05) is 31.2 Å². The van der Waals surface area contributed by atoms with E-state index in [0.29, 0.717) is 13.1 Å². The van der Waals surface area contributed by atoms with Gasteiger partial charge < -0.3 is 25.4 Å². The second-order valence-corrected chi connectivity index (χ2v) is 12.3. The number of unbranched alkanes of at least 4 members (excludes halogenated alkanes) is 6. The molecule has 0 radical (unpaired) electrons. The van der Waals surface area contributed by atoms with Crippen LogP contribution < -0.4 is 10.6 Å². The van der Waals surface area contributed by atoms with E-state index in [2.05, 4.69) is 24.5 Å². The highest BCUT2D eigenvalue weighted by molar-refractivity contribution is 5.92. The fourth-order valence-corrected chi connectivity index (χ4v) is 4.97. The van der Waals surface area contributed by atoms with Crippen molar-refractivity contribution in [2.45, 2.75) is 117 Å². The topological polar surface area (TPSA) is 108 Å². The third-order valence-electron chi connectivity index (χ3n) is 7.15. The van der Waals surface area contributed by atoms with Crippen LogP contribution in [-0.4, -0.2) is 52.6 Å². The average Bonchev–Trinajstić information content (AvgIpc) is 2.94. The van der Waals surface area contributed by atoms with Crippen molar-refractivity contribution in [3.63, 3.8) is 0 Å². The number of nitrogens with zero attached hydrogens (tertiary/aromatic N) is 1. The molecule has 43 heavy (non-hydrogen) atoms. The van der Waals surface area contributed by atoms with Gasteiger partial charge in [-0.3, -0.25) is 9.59 Å². The van der Waals surface area contributed by atoms with E-state index in [9.17, 15) is 19.5 Å². The summed E-state index contributed by atoms with van der Waals surface area (Å²) in [5.41, 5.74) is 1.73. The third-order valence-corrected chi connectivity index (χ3v) is 7.15. The van der Waals surface area contributed by atoms with Crippen LogP contribution in [0, 0.1) is 6.92 Å². The van der Waals surface area contributed by atoms with E-state index in [4.69, 9.17) is 4.74 Å². The molecule has 0 spiro atoms. The molecular formula is C35H53N3O5. The first kappa shape index (κ1) is 35.6. The maximum atomic E-state index is 14.5. The van der Waals surface area contributed by atoms with Crippen LogP contribution in [-0.2, 0) is 20.7 Å². The monoisotopic (exact) mass is 595 g/mol. The van der Waals surface area contributed by atoms with Crippen LogP contribution in [0.3, 0.4) is 0 Å². The summed E-state index contributed by atoms with van der Waals surface area (Å²) in [6.07, 6.45) is 7.28. The van der Waals surface area contributed by atoms with Crippen LogP contribution in [0.5, 0.6) is 5.75 Å². The van der Waals surface area contributed by atoms with E-state index in [1.165, 1.54) is 0 Å². The average molecular weight is 596 g/mol. The van der Waals surface area contributed by atoms with Crippen molar-refractivity contribution < 1.29 is 24.2 Å². The molecular weight excluding hydrogens is 542 g/mol. The number of aryl methyl sites for hydroxylation is 1. The Hall–Kier alpha value is -3.55. The Labute approximate surface area is 258 Å². The van der Waals surface area contributed by atoms with Crippen LogP contribution in [0.15, 0.2) is 48.5 Å². The van der Waals surface area contributed by atoms with Gasteiger partial charge in [-0.15, -0.1) is 0 Å². The number of carbonyl (C=O) groups is 3. The second kappa shape index (κ2) is 18.2. The van der Waals surface area contributed by atoms with Crippen molar-refractivity contribution >= 4 is 17.9 Å². The number of aromatic hydroxyl groups is 1. The lowest BCUT2D eigenvalue weighted by Gasteiger charge is -2.35. The lowest BCUT2D eigenvalue weighted by atomic mass is 9.98. The Balaban J connectivity index is 2.52. The smallest absolute Gasteiger partial charge is 0.408 e. The molecule has 2 aromatic rings. The van der Waals surface area contributed by atoms with E-state index < -0.39 is 23.8 Å². The number of rotatable bonds is 17. The number of alkyl carbamates (subject to hydrolysis) is 1. The van der Waals surface area contributed by atoms with Gasteiger partial charge in [0.15, 0.2) is 0 Å².